The molecule has 0 atom stereocenters. The second-order valence-corrected chi connectivity index (χ2v) is 8.28. The van der Waals surface area contributed by atoms with E-state index in [2.05, 4.69) is 4.90 Å². The average Bonchev–Trinajstić information content (AvgIpc) is 2.94. The summed E-state index contributed by atoms with van der Waals surface area (Å²) in [6.07, 6.45) is 4.66. The van der Waals surface area contributed by atoms with E-state index in [9.17, 15) is 9.59 Å². The Morgan fingerprint density at radius 3 is 2.33 bits per heavy atom. The van der Waals surface area contributed by atoms with Crippen molar-refractivity contribution in [1.82, 2.24) is 14.7 Å². The van der Waals surface area contributed by atoms with Crippen LogP contribution in [0.4, 0.5) is 0 Å². The fraction of sp³-hybridized carbons (Fsp3) is 0.565. The van der Waals surface area contributed by atoms with E-state index in [1.807, 2.05) is 34.9 Å². The van der Waals surface area contributed by atoms with Gasteiger partial charge in [-0.05, 0) is 38.0 Å². The van der Waals surface area contributed by atoms with Gasteiger partial charge in [0.2, 0.25) is 5.91 Å². The smallest absolute Gasteiger partial charge is 0.289 e. The molecule has 2 amide bonds. The lowest BCUT2D eigenvalue weighted by atomic mass is 10.1. The third-order valence-electron chi connectivity index (χ3n) is 6.31. The molecule has 4 rings (SSSR count). The van der Waals surface area contributed by atoms with E-state index in [0.29, 0.717) is 44.1 Å². The SMILES string of the molecule is COc1ccc2oc(C(=O)N3CCN(CC(=O)N4CCCCCC4)CC3)c(C)c2c1. The number of carbonyl (C=O) groups excluding carboxylic acids is 2. The number of carbonyl (C=O) groups is 2. The van der Waals surface area contributed by atoms with Gasteiger partial charge < -0.3 is 19.0 Å². The molecule has 2 aliphatic heterocycles. The Bertz CT molecular complexity index is 907. The highest BCUT2D eigenvalue weighted by molar-refractivity contribution is 5.99. The average molecular weight is 414 g/mol. The lowest BCUT2D eigenvalue weighted by Crippen LogP contribution is -2.51. The number of aryl methyl sites for hydroxylation is 1. The van der Waals surface area contributed by atoms with Crippen molar-refractivity contribution < 1.29 is 18.7 Å². The van der Waals surface area contributed by atoms with Gasteiger partial charge in [0.1, 0.15) is 11.3 Å². The summed E-state index contributed by atoms with van der Waals surface area (Å²) in [6, 6.07) is 5.57. The number of fused-ring (bicyclic) bond motifs is 1. The van der Waals surface area contributed by atoms with Crippen molar-refractivity contribution in [3.05, 3.63) is 29.5 Å². The Balaban J connectivity index is 1.36. The first-order valence-corrected chi connectivity index (χ1v) is 10.9. The Hall–Kier alpha value is -2.54. The maximum atomic E-state index is 13.1. The fourth-order valence-electron chi connectivity index (χ4n) is 4.40. The van der Waals surface area contributed by atoms with Crippen LogP contribution in [-0.2, 0) is 4.79 Å². The van der Waals surface area contributed by atoms with E-state index in [0.717, 1.165) is 42.6 Å². The van der Waals surface area contributed by atoms with Gasteiger partial charge in [-0.1, -0.05) is 12.8 Å². The van der Waals surface area contributed by atoms with Crippen LogP contribution < -0.4 is 4.74 Å². The van der Waals surface area contributed by atoms with Gasteiger partial charge >= 0.3 is 0 Å². The van der Waals surface area contributed by atoms with Gasteiger partial charge in [-0.2, -0.15) is 0 Å². The van der Waals surface area contributed by atoms with E-state index in [1.54, 1.807) is 7.11 Å². The summed E-state index contributed by atoms with van der Waals surface area (Å²) >= 11 is 0. The fourth-order valence-corrected chi connectivity index (χ4v) is 4.40. The third-order valence-corrected chi connectivity index (χ3v) is 6.31. The van der Waals surface area contributed by atoms with Crippen molar-refractivity contribution in [2.24, 2.45) is 0 Å². The van der Waals surface area contributed by atoms with Crippen molar-refractivity contribution in [2.45, 2.75) is 32.6 Å². The van der Waals surface area contributed by atoms with Crippen molar-refractivity contribution in [2.75, 3.05) is 52.9 Å². The van der Waals surface area contributed by atoms with Crippen molar-refractivity contribution in [1.29, 1.82) is 0 Å². The molecular weight excluding hydrogens is 382 g/mol. The molecule has 0 spiro atoms. The summed E-state index contributed by atoms with van der Waals surface area (Å²) in [5, 5.41) is 0.902. The molecule has 0 unspecified atom stereocenters. The lowest BCUT2D eigenvalue weighted by molar-refractivity contribution is -0.132. The van der Waals surface area contributed by atoms with E-state index in [1.165, 1.54) is 12.8 Å². The third kappa shape index (κ3) is 4.31. The normalized spacial score (nSPS) is 18.5. The Morgan fingerprint density at radius 1 is 0.967 bits per heavy atom. The molecule has 3 heterocycles. The van der Waals surface area contributed by atoms with Crippen LogP contribution in [0.1, 0.15) is 41.8 Å². The number of amides is 2. The number of rotatable bonds is 4. The van der Waals surface area contributed by atoms with Crippen molar-refractivity contribution in [3.63, 3.8) is 0 Å². The topological polar surface area (TPSA) is 66.2 Å². The monoisotopic (exact) mass is 413 g/mol. The first-order valence-electron chi connectivity index (χ1n) is 10.9. The predicted octanol–water partition coefficient (Wildman–Crippen LogP) is 2.91. The van der Waals surface area contributed by atoms with Crippen LogP contribution in [0.25, 0.3) is 11.0 Å². The zero-order valence-corrected chi connectivity index (χ0v) is 18.0. The summed E-state index contributed by atoms with van der Waals surface area (Å²) in [4.78, 5) is 31.7. The number of furan rings is 1. The van der Waals surface area contributed by atoms with Gasteiger partial charge in [-0.15, -0.1) is 0 Å². The quantitative estimate of drug-likeness (QED) is 0.771. The highest BCUT2D eigenvalue weighted by Gasteiger charge is 2.28. The molecular formula is C23H31N3O4. The molecule has 0 bridgehead atoms. The van der Waals surface area contributed by atoms with Crippen LogP contribution in [0, 0.1) is 6.92 Å². The maximum absolute atomic E-state index is 13.1. The summed E-state index contributed by atoms with van der Waals surface area (Å²) in [6.45, 7) is 6.75. The molecule has 1 aromatic heterocycles. The number of hydrogen-bond acceptors (Lipinski definition) is 5. The zero-order valence-electron chi connectivity index (χ0n) is 18.0. The number of ether oxygens (including phenoxy) is 1. The molecule has 2 saturated heterocycles. The Labute approximate surface area is 177 Å². The maximum Gasteiger partial charge on any atom is 0.289 e. The summed E-state index contributed by atoms with van der Waals surface area (Å²) < 4.78 is 11.2. The second kappa shape index (κ2) is 9.08. The molecule has 0 radical (unpaired) electrons. The first kappa shape index (κ1) is 20.7. The minimum absolute atomic E-state index is 0.0823. The van der Waals surface area contributed by atoms with Crippen LogP contribution in [0.2, 0.25) is 0 Å². The number of likely N-dealkylation sites (tertiary alicyclic amines) is 1. The van der Waals surface area contributed by atoms with E-state index in [4.69, 9.17) is 9.15 Å². The van der Waals surface area contributed by atoms with Crippen molar-refractivity contribution in [3.8, 4) is 5.75 Å². The molecule has 1 aromatic carbocycles. The number of nitrogens with zero attached hydrogens (tertiary/aromatic N) is 3. The van der Waals surface area contributed by atoms with E-state index in [-0.39, 0.29) is 11.8 Å². The molecule has 2 aliphatic rings. The summed E-state index contributed by atoms with van der Waals surface area (Å²) in [5.41, 5.74) is 1.53. The van der Waals surface area contributed by atoms with E-state index >= 15 is 0 Å². The Kier molecular flexibility index (Phi) is 6.27. The standard InChI is InChI=1S/C23H31N3O4/c1-17-19-15-18(29-2)7-8-20(19)30-22(17)23(28)26-13-11-24(12-14-26)16-21(27)25-9-5-3-4-6-10-25/h7-8,15H,3-6,9-14,16H2,1-2H3. The molecule has 7 nitrogen and oxygen atoms in total. The number of hydrogen-bond donors (Lipinski definition) is 0. The van der Waals surface area contributed by atoms with Gasteiger partial charge in [0, 0.05) is 50.2 Å². The number of piperazine rings is 1. The van der Waals surface area contributed by atoms with Crippen LogP contribution in [0.15, 0.2) is 22.6 Å². The van der Waals surface area contributed by atoms with Crippen LogP contribution in [-0.4, -0.2) is 79.4 Å². The minimum atomic E-state index is -0.0823. The van der Waals surface area contributed by atoms with Gasteiger partial charge in [-0.3, -0.25) is 14.5 Å². The summed E-state index contributed by atoms with van der Waals surface area (Å²) in [7, 11) is 1.62. The van der Waals surface area contributed by atoms with Crippen LogP contribution in [0.5, 0.6) is 5.75 Å². The Morgan fingerprint density at radius 2 is 1.67 bits per heavy atom. The highest BCUT2D eigenvalue weighted by atomic mass is 16.5. The first-order chi connectivity index (χ1) is 14.6. The lowest BCUT2D eigenvalue weighted by Gasteiger charge is -2.35. The van der Waals surface area contributed by atoms with E-state index < -0.39 is 0 Å². The molecule has 162 valence electrons. The van der Waals surface area contributed by atoms with Crippen molar-refractivity contribution >= 4 is 22.8 Å². The minimum Gasteiger partial charge on any atom is -0.497 e. The van der Waals surface area contributed by atoms with Crippen LogP contribution in [0.3, 0.4) is 0 Å². The second-order valence-electron chi connectivity index (χ2n) is 8.28. The molecule has 30 heavy (non-hydrogen) atoms. The van der Waals surface area contributed by atoms with Crippen LogP contribution >= 0.6 is 0 Å². The van der Waals surface area contributed by atoms with Gasteiger partial charge in [0.05, 0.1) is 13.7 Å². The highest BCUT2D eigenvalue weighted by Crippen LogP contribution is 2.29. The molecule has 7 heteroatoms. The van der Waals surface area contributed by atoms with Gasteiger partial charge in [0.25, 0.3) is 5.91 Å². The van der Waals surface area contributed by atoms with Gasteiger partial charge in [-0.25, -0.2) is 0 Å². The molecule has 2 fully saturated rings. The molecule has 2 aromatic rings. The zero-order chi connectivity index (χ0) is 21.1. The predicted molar refractivity (Wildman–Crippen MR) is 115 cm³/mol. The molecule has 0 aliphatic carbocycles. The largest absolute Gasteiger partial charge is 0.497 e. The summed E-state index contributed by atoms with van der Waals surface area (Å²) in [5.74, 6) is 1.28. The molecule has 0 N–H and O–H groups in total. The van der Waals surface area contributed by atoms with Gasteiger partial charge in [0.15, 0.2) is 5.76 Å². The molecule has 0 saturated carbocycles. The number of methoxy groups -OCH3 is 1. The number of benzene rings is 1.